The SMILES string of the molecule is Cc1cc(C(=O)N[C@@H]2CCN(C(=O)c3ccccc3)C[C@H]2O)cc(C)n1. The molecule has 0 unspecified atom stereocenters. The van der Waals surface area contributed by atoms with Crippen molar-refractivity contribution in [1.29, 1.82) is 0 Å². The third-order valence-corrected chi connectivity index (χ3v) is 4.55. The molecule has 1 fully saturated rings. The minimum absolute atomic E-state index is 0.102. The van der Waals surface area contributed by atoms with Crippen LogP contribution in [0.2, 0.25) is 0 Å². The molecule has 1 aromatic heterocycles. The molecule has 2 amide bonds. The van der Waals surface area contributed by atoms with Crippen LogP contribution < -0.4 is 5.32 Å². The van der Waals surface area contributed by atoms with Crippen molar-refractivity contribution < 1.29 is 14.7 Å². The summed E-state index contributed by atoms with van der Waals surface area (Å²) in [5.41, 5.74) is 2.69. The molecule has 1 aliphatic rings. The van der Waals surface area contributed by atoms with E-state index in [0.717, 1.165) is 11.4 Å². The number of hydrogen-bond acceptors (Lipinski definition) is 4. The van der Waals surface area contributed by atoms with Crippen LogP contribution in [0.5, 0.6) is 0 Å². The Labute approximate surface area is 152 Å². The van der Waals surface area contributed by atoms with Crippen molar-refractivity contribution in [2.45, 2.75) is 32.4 Å². The van der Waals surface area contributed by atoms with Crippen LogP contribution in [0.1, 0.15) is 38.5 Å². The smallest absolute Gasteiger partial charge is 0.253 e. The number of β-amino-alcohol motifs (C(OH)–C–C–N with tert-alkyl or cyclic N) is 1. The summed E-state index contributed by atoms with van der Waals surface area (Å²) in [6, 6.07) is 12.1. The van der Waals surface area contributed by atoms with E-state index in [4.69, 9.17) is 0 Å². The highest BCUT2D eigenvalue weighted by Crippen LogP contribution is 2.16. The second-order valence-electron chi connectivity index (χ2n) is 6.69. The van der Waals surface area contributed by atoms with Crippen molar-refractivity contribution in [3.05, 3.63) is 65.0 Å². The van der Waals surface area contributed by atoms with Gasteiger partial charge in [-0.15, -0.1) is 0 Å². The van der Waals surface area contributed by atoms with E-state index >= 15 is 0 Å². The molecule has 6 heteroatoms. The van der Waals surface area contributed by atoms with Crippen LogP contribution in [0.25, 0.3) is 0 Å². The molecule has 1 saturated heterocycles. The topological polar surface area (TPSA) is 82.5 Å². The molecule has 0 radical (unpaired) electrons. The van der Waals surface area contributed by atoms with Gasteiger partial charge in [0, 0.05) is 35.6 Å². The lowest BCUT2D eigenvalue weighted by Crippen LogP contribution is -2.55. The summed E-state index contributed by atoms with van der Waals surface area (Å²) in [5.74, 6) is -0.333. The van der Waals surface area contributed by atoms with Gasteiger partial charge < -0.3 is 15.3 Å². The van der Waals surface area contributed by atoms with Gasteiger partial charge in [-0.1, -0.05) is 18.2 Å². The highest BCUT2D eigenvalue weighted by atomic mass is 16.3. The molecule has 0 aliphatic carbocycles. The van der Waals surface area contributed by atoms with Gasteiger partial charge in [-0.25, -0.2) is 0 Å². The average molecular weight is 353 g/mol. The Kier molecular flexibility index (Phi) is 5.32. The first kappa shape index (κ1) is 18.1. The first-order chi connectivity index (χ1) is 12.4. The third-order valence-electron chi connectivity index (χ3n) is 4.55. The minimum atomic E-state index is -0.801. The molecule has 2 aromatic rings. The van der Waals surface area contributed by atoms with Crippen molar-refractivity contribution >= 4 is 11.8 Å². The molecule has 2 heterocycles. The van der Waals surface area contributed by atoms with E-state index in [1.807, 2.05) is 32.0 Å². The number of aliphatic hydroxyl groups excluding tert-OH is 1. The van der Waals surface area contributed by atoms with E-state index in [9.17, 15) is 14.7 Å². The number of likely N-dealkylation sites (tertiary alicyclic amines) is 1. The number of aryl methyl sites for hydroxylation is 2. The normalized spacial score (nSPS) is 19.9. The number of benzene rings is 1. The lowest BCUT2D eigenvalue weighted by molar-refractivity contribution is 0.0315. The van der Waals surface area contributed by atoms with Crippen molar-refractivity contribution in [3.63, 3.8) is 0 Å². The number of nitrogens with one attached hydrogen (secondary N) is 1. The summed E-state index contributed by atoms with van der Waals surface area (Å²) >= 11 is 0. The second kappa shape index (κ2) is 7.66. The Hall–Kier alpha value is -2.73. The van der Waals surface area contributed by atoms with Crippen molar-refractivity contribution in [2.24, 2.45) is 0 Å². The number of nitrogens with zero attached hydrogens (tertiary/aromatic N) is 2. The fourth-order valence-corrected chi connectivity index (χ4v) is 3.27. The number of aromatic nitrogens is 1. The summed E-state index contributed by atoms with van der Waals surface area (Å²) in [4.78, 5) is 30.9. The van der Waals surface area contributed by atoms with Gasteiger partial charge in [0.2, 0.25) is 0 Å². The van der Waals surface area contributed by atoms with Crippen molar-refractivity contribution in [1.82, 2.24) is 15.2 Å². The summed E-state index contributed by atoms with van der Waals surface area (Å²) < 4.78 is 0. The molecule has 0 saturated carbocycles. The predicted octanol–water partition coefficient (Wildman–Crippen LogP) is 1.70. The molecule has 6 nitrogen and oxygen atoms in total. The molecule has 3 rings (SSSR count). The number of hydrogen-bond donors (Lipinski definition) is 2. The standard InChI is InChI=1S/C20H23N3O3/c1-13-10-16(11-14(2)21-13)19(25)22-17-8-9-23(12-18(17)24)20(26)15-6-4-3-5-7-15/h3-7,10-11,17-18,24H,8-9,12H2,1-2H3,(H,22,25)/t17-,18-/m1/s1. The molecule has 136 valence electrons. The number of carbonyl (C=O) groups excluding carboxylic acids is 2. The van der Waals surface area contributed by atoms with Crippen molar-refractivity contribution in [2.75, 3.05) is 13.1 Å². The average Bonchev–Trinajstić information content (AvgIpc) is 2.62. The molecule has 1 aliphatic heterocycles. The fraction of sp³-hybridized carbons (Fsp3) is 0.350. The van der Waals surface area contributed by atoms with Gasteiger partial charge in [-0.3, -0.25) is 14.6 Å². The van der Waals surface area contributed by atoms with E-state index in [-0.39, 0.29) is 24.4 Å². The molecule has 2 N–H and O–H groups in total. The molecule has 26 heavy (non-hydrogen) atoms. The van der Waals surface area contributed by atoms with Crippen LogP contribution in [0.15, 0.2) is 42.5 Å². The molecule has 2 atom stereocenters. The zero-order chi connectivity index (χ0) is 18.7. The Morgan fingerprint density at radius 3 is 2.38 bits per heavy atom. The van der Waals surface area contributed by atoms with Gasteiger partial charge in [-0.2, -0.15) is 0 Å². The molecular formula is C20H23N3O3. The molecular weight excluding hydrogens is 330 g/mol. The van der Waals surface area contributed by atoms with Gasteiger partial charge >= 0.3 is 0 Å². The lowest BCUT2D eigenvalue weighted by Gasteiger charge is -2.36. The highest BCUT2D eigenvalue weighted by molar-refractivity contribution is 5.95. The van der Waals surface area contributed by atoms with E-state index in [1.165, 1.54) is 0 Å². The minimum Gasteiger partial charge on any atom is -0.389 e. The maximum atomic E-state index is 12.5. The maximum Gasteiger partial charge on any atom is 0.253 e. The van der Waals surface area contributed by atoms with Gasteiger partial charge in [0.05, 0.1) is 12.1 Å². The van der Waals surface area contributed by atoms with Crippen LogP contribution in [0.3, 0.4) is 0 Å². The number of rotatable bonds is 3. The van der Waals surface area contributed by atoms with Gasteiger partial charge in [0.1, 0.15) is 0 Å². The fourth-order valence-electron chi connectivity index (χ4n) is 3.27. The van der Waals surface area contributed by atoms with Crippen molar-refractivity contribution in [3.8, 4) is 0 Å². The number of piperidine rings is 1. The van der Waals surface area contributed by atoms with E-state index in [2.05, 4.69) is 10.3 Å². The van der Waals surface area contributed by atoms with Crippen LogP contribution in [-0.4, -0.2) is 52.0 Å². The molecule has 0 spiro atoms. The summed E-state index contributed by atoms with van der Waals surface area (Å²) in [5, 5.41) is 13.3. The molecule has 1 aromatic carbocycles. The summed E-state index contributed by atoms with van der Waals surface area (Å²) in [7, 11) is 0. The van der Waals surface area contributed by atoms with Gasteiger partial charge in [0.15, 0.2) is 0 Å². The van der Waals surface area contributed by atoms with Crippen LogP contribution in [0, 0.1) is 13.8 Å². The monoisotopic (exact) mass is 353 g/mol. The van der Waals surface area contributed by atoms with E-state index < -0.39 is 6.10 Å². The molecule has 0 bridgehead atoms. The Bertz CT molecular complexity index is 787. The van der Waals surface area contributed by atoms with E-state index in [1.54, 1.807) is 29.2 Å². The Morgan fingerprint density at radius 1 is 1.12 bits per heavy atom. The van der Waals surface area contributed by atoms with Gasteiger partial charge in [-0.05, 0) is 44.5 Å². The number of aliphatic hydroxyl groups is 1. The van der Waals surface area contributed by atoms with Crippen LogP contribution >= 0.6 is 0 Å². The van der Waals surface area contributed by atoms with Crippen LogP contribution in [0.4, 0.5) is 0 Å². The highest BCUT2D eigenvalue weighted by Gasteiger charge is 2.31. The first-order valence-corrected chi connectivity index (χ1v) is 8.72. The Balaban J connectivity index is 1.62. The van der Waals surface area contributed by atoms with Gasteiger partial charge in [0.25, 0.3) is 11.8 Å². The first-order valence-electron chi connectivity index (χ1n) is 8.72. The maximum absolute atomic E-state index is 12.5. The van der Waals surface area contributed by atoms with Crippen LogP contribution in [-0.2, 0) is 0 Å². The third kappa shape index (κ3) is 4.08. The zero-order valence-electron chi connectivity index (χ0n) is 15.0. The lowest BCUT2D eigenvalue weighted by atomic mass is 10.00. The van der Waals surface area contributed by atoms with E-state index in [0.29, 0.717) is 24.1 Å². The second-order valence-corrected chi connectivity index (χ2v) is 6.69. The predicted molar refractivity (Wildman–Crippen MR) is 97.9 cm³/mol. The number of amides is 2. The largest absolute Gasteiger partial charge is 0.389 e. The number of carbonyl (C=O) groups is 2. The quantitative estimate of drug-likeness (QED) is 0.880. The summed E-state index contributed by atoms with van der Waals surface area (Å²) in [6.45, 7) is 4.37. The Morgan fingerprint density at radius 2 is 1.77 bits per heavy atom. The summed E-state index contributed by atoms with van der Waals surface area (Å²) in [6.07, 6.45) is -0.293. The number of pyridine rings is 1. The zero-order valence-corrected chi connectivity index (χ0v) is 15.0.